The number of carbonyl (C=O) groups excluding carboxylic acids is 4. The van der Waals surface area contributed by atoms with E-state index in [-0.39, 0.29) is 36.6 Å². The van der Waals surface area contributed by atoms with Crippen molar-refractivity contribution in [1.29, 1.82) is 0 Å². The van der Waals surface area contributed by atoms with Gasteiger partial charge in [-0.25, -0.2) is 4.79 Å². The Labute approximate surface area is 166 Å². The first-order valence-electron chi connectivity index (χ1n) is 8.70. The molecular weight excluding hydrogens is 388 g/mol. The van der Waals surface area contributed by atoms with Crippen molar-refractivity contribution in [2.45, 2.75) is 20.0 Å². The molecule has 0 unspecified atom stereocenters. The minimum Gasteiger partial charge on any atom is -0.494 e. The maximum Gasteiger partial charge on any atom is 0.344 e. The highest BCUT2D eigenvalue weighted by Crippen LogP contribution is 2.18. The van der Waals surface area contributed by atoms with Crippen LogP contribution in [-0.4, -0.2) is 66.1 Å². The SMILES string of the molecule is CCOc1ccc(OCC(=O)O[C@H](C)C(=O)NCCN2C(=O)CSC2=O)cc1. The quantitative estimate of drug-likeness (QED) is 0.573. The van der Waals surface area contributed by atoms with Crippen LogP contribution in [0.1, 0.15) is 13.8 Å². The van der Waals surface area contributed by atoms with E-state index < -0.39 is 18.0 Å². The van der Waals surface area contributed by atoms with Crippen LogP contribution >= 0.6 is 11.8 Å². The van der Waals surface area contributed by atoms with Gasteiger partial charge in [0.2, 0.25) is 5.91 Å². The summed E-state index contributed by atoms with van der Waals surface area (Å²) in [5.41, 5.74) is 0. The molecule has 152 valence electrons. The zero-order valence-electron chi connectivity index (χ0n) is 15.6. The third-order valence-corrected chi connectivity index (χ3v) is 4.50. The summed E-state index contributed by atoms with van der Waals surface area (Å²) in [6, 6.07) is 6.75. The Morgan fingerprint density at radius 3 is 2.39 bits per heavy atom. The van der Waals surface area contributed by atoms with Crippen molar-refractivity contribution in [1.82, 2.24) is 10.2 Å². The predicted octanol–water partition coefficient (Wildman–Crippen LogP) is 1.21. The Kier molecular flexibility index (Phi) is 8.12. The first-order chi connectivity index (χ1) is 13.4. The molecule has 3 amide bonds. The highest BCUT2D eigenvalue weighted by atomic mass is 32.2. The molecule has 2 rings (SSSR count). The summed E-state index contributed by atoms with van der Waals surface area (Å²) in [5, 5.41) is 2.19. The first kappa shape index (κ1) is 21.5. The highest BCUT2D eigenvalue weighted by Gasteiger charge is 2.29. The van der Waals surface area contributed by atoms with Gasteiger partial charge in [-0.1, -0.05) is 11.8 Å². The molecule has 10 heteroatoms. The number of nitrogens with one attached hydrogen (secondary N) is 1. The standard InChI is InChI=1S/C18H22N2O7S/c1-3-25-13-4-6-14(7-5-13)26-10-16(22)27-12(2)17(23)19-8-9-20-15(21)11-28-18(20)24/h4-7,12H,3,8-11H2,1-2H3,(H,19,23)/t12-/m1/s1. The molecule has 1 saturated heterocycles. The van der Waals surface area contributed by atoms with Gasteiger partial charge in [0, 0.05) is 13.1 Å². The Balaban J connectivity index is 1.67. The second kappa shape index (κ2) is 10.5. The zero-order valence-corrected chi connectivity index (χ0v) is 16.5. The summed E-state index contributed by atoms with van der Waals surface area (Å²) in [7, 11) is 0. The van der Waals surface area contributed by atoms with Crippen molar-refractivity contribution in [3.8, 4) is 11.5 Å². The van der Waals surface area contributed by atoms with Gasteiger partial charge in [0.15, 0.2) is 12.7 Å². The lowest BCUT2D eigenvalue weighted by Crippen LogP contribution is -2.42. The molecule has 1 aromatic rings. The maximum absolute atomic E-state index is 12.0. The van der Waals surface area contributed by atoms with Crippen molar-refractivity contribution in [3.05, 3.63) is 24.3 Å². The third-order valence-electron chi connectivity index (χ3n) is 3.64. The zero-order chi connectivity index (χ0) is 20.5. The third kappa shape index (κ3) is 6.45. The molecule has 0 aliphatic carbocycles. The van der Waals surface area contributed by atoms with E-state index in [1.54, 1.807) is 24.3 Å². The lowest BCUT2D eigenvalue weighted by atomic mass is 10.3. The van der Waals surface area contributed by atoms with Gasteiger partial charge in [0.1, 0.15) is 11.5 Å². The van der Waals surface area contributed by atoms with Gasteiger partial charge in [-0.2, -0.15) is 0 Å². The van der Waals surface area contributed by atoms with Crippen LogP contribution in [0.3, 0.4) is 0 Å². The Hall–Kier alpha value is -2.75. The number of nitrogens with zero attached hydrogens (tertiary/aromatic N) is 1. The molecule has 0 bridgehead atoms. The molecule has 9 nitrogen and oxygen atoms in total. The number of thioether (sulfide) groups is 1. The number of ether oxygens (including phenoxy) is 3. The van der Waals surface area contributed by atoms with E-state index in [1.807, 2.05) is 6.92 Å². The van der Waals surface area contributed by atoms with Crippen LogP contribution in [0.4, 0.5) is 4.79 Å². The molecule has 0 spiro atoms. The predicted molar refractivity (Wildman–Crippen MR) is 101 cm³/mol. The molecule has 1 atom stereocenters. The Morgan fingerprint density at radius 1 is 1.18 bits per heavy atom. The van der Waals surface area contributed by atoms with Crippen LogP contribution in [0.25, 0.3) is 0 Å². The second-order valence-electron chi connectivity index (χ2n) is 5.72. The molecule has 1 fully saturated rings. The average Bonchev–Trinajstić information content (AvgIpc) is 2.99. The van der Waals surface area contributed by atoms with E-state index in [0.717, 1.165) is 16.7 Å². The van der Waals surface area contributed by atoms with Crippen molar-refractivity contribution < 1.29 is 33.4 Å². The number of hydrogen-bond acceptors (Lipinski definition) is 8. The maximum atomic E-state index is 12.0. The highest BCUT2D eigenvalue weighted by molar-refractivity contribution is 8.14. The topological polar surface area (TPSA) is 111 Å². The number of rotatable bonds is 10. The minimum atomic E-state index is -1.03. The van der Waals surface area contributed by atoms with Crippen molar-refractivity contribution in [2.75, 3.05) is 32.1 Å². The fourth-order valence-electron chi connectivity index (χ4n) is 2.26. The molecule has 1 N–H and O–H groups in total. The second-order valence-corrected chi connectivity index (χ2v) is 6.64. The molecule has 0 saturated carbocycles. The fraction of sp³-hybridized carbons (Fsp3) is 0.444. The van der Waals surface area contributed by atoms with Crippen LogP contribution in [0.2, 0.25) is 0 Å². The van der Waals surface area contributed by atoms with E-state index in [4.69, 9.17) is 14.2 Å². The van der Waals surface area contributed by atoms with Gasteiger partial charge < -0.3 is 19.5 Å². The number of esters is 1. The monoisotopic (exact) mass is 410 g/mol. The van der Waals surface area contributed by atoms with E-state index in [2.05, 4.69) is 5.32 Å². The van der Waals surface area contributed by atoms with Crippen molar-refractivity contribution in [3.63, 3.8) is 0 Å². The lowest BCUT2D eigenvalue weighted by Gasteiger charge is -2.16. The summed E-state index contributed by atoms with van der Waals surface area (Å²) in [4.78, 5) is 47.8. The summed E-state index contributed by atoms with van der Waals surface area (Å²) < 4.78 is 15.6. The Bertz CT molecular complexity index is 707. The molecule has 28 heavy (non-hydrogen) atoms. The first-order valence-corrected chi connectivity index (χ1v) is 9.69. The fourth-order valence-corrected chi connectivity index (χ4v) is 3.01. The molecule has 1 aliphatic heterocycles. The summed E-state index contributed by atoms with van der Waals surface area (Å²) >= 11 is 0.928. The molecule has 0 radical (unpaired) electrons. The molecular formula is C18H22N2O7S. The smallest absolute Gasteiger partial charge is 0.344 e. The molecule has 1 heterocycles. The number of carbonyl (C=O) groups is 4. The van der Waals surface area contributed by atoms with E-state index >= 15 is 0 Å². The average molecular weight is 410 g/mol. The van der Waals surface area contributed by atoms with Gasteiger partial charge in [-0.15, -0.1) is 0 Å². The van der Waals surface area contributed by atoms with Crippen molar-refractivity contribution in [2.24, 2.45) is 0 Å². The van der Waals surface area contributed by atoms with Gasteiger partial charge >= 0.3 is 5.97 Å². The van der Waals surface area contributed by atoms with E-state index in [0.29, 0.717) is 18.1 Å². The largest absolute Gasteiger partial charge is 0.494 e. The van der Waals surface area contributed by atoms with Crippen LogP contribution in [-0.2, 0) is 19.1 Å². The normalized spacial score (nSPS) is 14.6. The van der Waals surface area contributed by atoms with Gasteiger partial charge in [-0.05, 0) is 38.1 Å². The molecule has 1 aromatic carbocycles. The Morgan fingerprint density at radius 2 is 1.82 bits per heavy atom. The van der Waals surface area contributed by atoms with Crippen LogP contribution in [0.5, 0.6) is 11.5 Å². The van der Waals surface area contributed by atoms with Crippen LogP contribution in [0, 0.1) is 0 Å². The molecule has 1 aliphatic rings. The van der Waals surface area contributed by atoms with Gasteiger partial charge in [-0.3, -0.25) is 19.3 Å². The minimum absolute atomic E-state index is 0.0813. The van der Waals surface area contributed by atoms with Crippen LogP contribution in [0.15, 0.2) is 24.3 Å². The summed E-state index contributed by atoms with van der Waals surface area (Å²) in [6.07, 6.45) is -1.03. The lowest BCUT2D eigenvalue weighted by molar-refractivity contribution is -0.156. The number of benzene rings is 1. The van der Waals surface area contributed by atoms with E-state index in [1.165, 1.54) is 6.92 Å². The van der Waals surface area contributed by atoms with Gasteiger partial charge in [0.05, 0.1) is 12.4 Å². The number of imide groups is 1. The van der Waals surface area contributed by atoms with Crippen molar-refractivity contribution >= 4 is 34.8 Å². The van der Waals surface area contributed by atoms with E-state index in [9.17, 15) is 19.2 Å². The number of amides is 3. The summed E-state index contributed by atoms with van der Waals surface area (Å²) in [5.74, 6) is -0.224. The van der Waals surface area contributed by atoms with Gasteiger partial charge in [0.25, 0.3) is 11.1 Å². The van der Waals surface area contributed by atoms with Crippen LogP contribution < -0.4 is 14.8 Å². The number of hydrogen-bond donors (Lipinski definition) is 1. The molecule has 0 aromatic heterocycles. The summed E-state index contributed by atoms with van der Waals surface area (Å²) in [6.45, 7) is 3.67.